The summed E-state index contributed by atoms with van der Waals surface area (Å²) in [5.74, 6) is 0. The molecule has 0 atom stereocenters. The maximum Gasteiger partial charge on any atom is 0 e. The van der Waals surface area contributed by atoms with Crippen LogP contribution in [-0.2, 0) is 26.2 Å². The van der Waals surface area contributed by atoms with Crippen LogP contribution in [-0.4, -0.2) is 26.2 Å². The van der Waals surface area contributed by atoms with E-state index in [0.717, 1.165) is 48.7 Å². The molecule has 4 aromatic rings. The van der Waals surface area contributed by atoms with Gasteiger partial charge < -0.3 is 16.0 Å². The first-order valence-corrected chi connectivity index (χ1v) is 13.6. The Kier molecular flexibility index (Phi) is 16.8. The monoisotopic (exact) mass is 609 g/mol. The van der Waals surface area contributed by atoms with Crippen LogP contribution in [0.15, 0.2) is 84.9 Å². The van der Waals surface area contributed by atoms with Crippen molar-refractivity contribution in [3.05, 3.63) is 154 Å². The number of nitrogens with one attached hydrogen (secondary N) is 1. The molecule has 40 heavy (non-hydrogen) atoms. The largest absolute Gasteiger partial charge is 0.683 e. The van der Waals surface area contributed by atoms with Gasteiger partial charge in [0.2, 0.25) is 0 Å². The van der Waals surface area contributed by atoms with Gasteiger partial charge in [0, 0.05) is 26.2 Å². The van der Waals surface area contributed by atoms with Crippen molar-refractivity contribution >= 4 is 11.4 Å². The maximum atomic E-state index is 4.75. The van der Waals surface area contributed by atoms with Gasteiger partial charge >= 0.3 is 0 Å². The minimum atomic E-state index is 0. The standard InChI is InChI=1S/C22H31N3.2C7H7.Zr/c1-15-11-17(3)21(18(4)12-15)24-9-7-23-8-10-25-22-19(5)13-16(2)14-20(22)6;2*1-7-5-3-2-4-6-7;/h11-14,23H,7-10H2,1-6H3;2*2-6H,1H2;/q-2;2*-1;. The molecule has 0 aliphatic heterocycles. The van der Waals surface area contributed by atoms with Crippen LogP contribution in [0.25, 0.3) is 10.6 Å². The van der Waals surface area contributed by atoms with Crippen molar-refractivity contribution in [1.82, 2.24) is 5.32 Å². The molecule has 0 aliphatic carbocycles. The molecule has 0 bridgehead atoms. The number of hydrogen-bond acceptors (Lipinski definition) is 1. The molecule has 0 spiro atoms. The molecule has 0 saturated heterocycles. The maximum absolute atomic E-state index is 4.75. The summed E-state index contributed by atoms with van der Waals surface area (Å²) in [5.41, 5.74) is 12.1. The van der Waals surface area contributed by atoms with Crippen molar-refractivity contribution in [1.29, 1.82) is 0 Å². The van der Waals surface area contributed by atoms with Gasteiger partial charge in [0.15, 0.2) is 0 Å². The summed E-state index contributed by atoms with van der Waals surface area (Å²) in [5, 5.41) is 12.9. The van der Waals surface area contributed by atoms with E-state index in [4.69, 9.17) is 10.6 Å². The van der Waals surface area contributed by atoms with Crippen molar-refractivity contribution in [3.8, 4) is 0 Å². The van der Waals surface area contributed by atoms with E-state index in [1.807, 2.05) is 60.7 Å². The second-order valence-electron chi connectivity index (χ2n) is 9.98. The summed E-state index contributed by atoms with van der Waals surface area (Å²) in [7, 11) is 0. The van der Waals surface area contributed by atoms with Crippen molar-refractivity contribution in [2.24, 2.45) is 0 Å². The van der Waals surface area contributed by atoms with E-state index in [1.165, 1.54) is 33.4 Å². The third kappa shape index (κ3) is 13.4. The number of rotatable bonds is 8. The summed E-state index contributed by atoms with van der Waals surface area (Å²) >= 11 is 0. The fourth-order valence-corrected chi connectivity index (χ4v) is 4.42. The van der Waals surface area contributed by atoms with Crippen LogP contribution in [0.3, 0.4) is 0 Å². The molecule has 3 nitrogen and oxygen atoms in total. The molecule has 1 N–H and O–H groups in total. The Morgan fingerprint density at radius 1 is 0.525 bits per heavy atom. The van der Waals surface area contributed by atoms with Crippen molar-refractivity contribution < 1.29 is 26.2 Å². The van der Waals surface area contributed by atoms with Crippen LogP contribution in [0.1, 0.15) is 44.5 Å². The van der Waals surface area contributed by atoms with E-state index in [9.17, 15) is 0 Å². The SMILES string of the molecule is Cc1cc(C)c([N-]CCNCC[N-]c2c(C)cc(C)cc2C)c(C)c1.[CH2-]c1ccccc1.[CH2-]c1ccccc1.[Zr]. The molecule has 0 amide bonds. The normalized spacial score (nSPS) is 9.75. The third-order valence-corrected chi connectivity index (χ3v) is 6.07. The van der Waals surface area contributed by atoms with Gasteiger partial charge in [0.05, 0.1) is 0 Å². The topological polar surface area (TPSA) is 40.2 Å². The van der Waals surface area contributed by atoms with Crippen LogP contribution in [0, 0.1) is 55.4 Å². The third-order valence-electron chi connectivity index (χ3n) is 6.07. The summed E-state index contributed by atoms with van der Waals surface area (Å²) in [6.45, 7) is 23.6. The fourth-order valence-electron chi connectivity index (χ4n) is 4.42. The minimum Gasteiger partial charge on any atom is -0.683 e. The molecule has 4 rings (SSSR count). The van der Waals surface area contributed by atoms with Gasteiger partial charge in [-0.15, -0.1) is 48.7 Å². The quantitative estimate of drug-likeness (QED) is 0.157. The summed E-state index contributed by atoms with van der Waals surface area (Å²) in [4.78, 5) is 0. The zero-order chi connectivity index (χ0) is 28.6. The predicted octanol–water partition coefficient (Wildman–Crippen LogP) is 9.57. The molecule has 4 aromatic carbocycles. The number of nitrogens with zero attached hydrogens (tertiary/aromatic N) is 2. The summed E-state index contributed by atoms with van der Waals surface area (Å²) in [6.07, 6.45) is 0. The van der Waals surface area contributed by atoms with E-state index < -0.39 is 0 Å². The Morgan fingerprint density at radius 2 is 0.825 bits per heavy atom. The average Bonchev–Trinajstić information content (AvgIpc) is 2.87. The molecule has 4 heteroatoms. The van der Waals surface area contributed by atoms with Gasteiger partial charge in [-0.25, -0.2) is 0 Å². The van der Waals surface area contributed by atoms with Crippen LogP contribution in [0.4, 0.5) is 11.4 Å². The smallest absolute Gasteiger partial charge is 0 e. The number of aryl methyl sites for hydroxylation is 6. The second kappa shape index (κ2) is 19.2. The van der Waals surface area contributed by atoms with Gasteiger partial charge in [0.1, 0.15) is 0 Å². The number of benzene rings is 4. The molecule has 212 valence electrons. The zero-order valence-electron chi connectivity index (χ0n) is 25.2. The Labute approximate surface area is 263 Å². The molecule has 0 aliphatic rings. The van der Waals surface area contributed by atoms with E-state index in [-0.39, 0.29) is 26.2 Å². The van der Waals surface area contributed by atoms with Gasteiger partial charge in [0.25, 0.3) is 0 Å². The number of hydrogen-bond donors (Lipinski definition) is 1. The molecule has 0 unspecified atom stereocenters. The average molecular weight is 611 g/mol. The van der Waals surface area contributed by atoms with Crippen LogP contribution >= 0.6 is 0 Å². The van der Waals surface area contributed by atoms with Crippen LogP contribution in [0.5, 0.6) is 0 Å². The van der Waals surface area contributed by atoms with Gasteiger partial charge in [-0.05, 0) is 54.6 Å². The molecule has 0 radical (unpaired) electrons. The minimum absolute atomic E-state index is 0. The fraction of sp³-hybridized carbons (Fsp3) is 0.278. The van der Waals surface area contributed by atoms with E-state index in [1.54, 1.807) is 0 Å². The van der Waals surface area contributed by atoms with Gasteiger partial charge in [-0.3, -0.25) is 0 Å². The molecular formula is C36H45N3Zr-4. The van der Waals surface area contributed by atoms with Gasteiger partial charge in [-0.2, -0.15) is 49.2 Å². The molecule has 0 heterocycles. The molecule has 0 fully saturated rings. The Morgan fingerprint density at radius 3 is 1.07 bits per heavy atom. The van der Waals surface area contributed by atoms with Crippen molar-refractivity contribution in [2.45, 2.75) is 41.5 Å². The summed E-state index contributed by atoms with van der Waals surface area (Å²) in [6, 6.07) is 28.5. The Hall–Kier alpha value is -2.94. The predicted molar refractivity (Wildman–Crippen MR) is 172 cm³/mol. The van der Waals surface area contributed by atoms with Crippen LogP contribution in [0.2, 0.25) is 0 Å². The van der Waals surface area contributed by atoms with Crippen molar-refractivity contribution in [2.75, 3.05) is 26.2 Å². The Bertz CT molecular complexity index is 1110. The molecular weight excluding hydrogens is 566 g/mol. The van der Waals surface area contributed by atoms with E-state index in [0.29, 0.717) is 0 Å². The first-order chi connectivity index (χ1) is 18.7. The van der Waals surface area contributed by atoms with Crippen molar-refractivity contribution in [3.63, 3.8) is 0 Å². The first-order valence-electron chi connectivity index (χ1n) is 13.6. The molecule has 0 aromatic heterocycles. The first kappa shape index (κ1) is 35.1. The van der Waals surface area contributed by atoms with E-state index >= 15 is 0 Å². The Balaban J connectivity index is 0.000000432. The summed E-state index contributed by atoms with van der Waals surface area (Å²) < 4.78 is 0. The zero-order valence-corrected chi connectivity index (χ0v) is 27.7. The second-order valence-corrected chi connectivity index (χ2v) is 9.98. The van der Waals surface area contributed by atoms with Crippen LogP contribution < -0.4 is 5.32 Å². The van der Waals surface area contributed by atoms with E-state index in [2.05, 4.69) is 85.0 Å². The molecule has 0 saturated carbocycles. The van der Waals surface area contributed by atoms with Gasteiger partial charge in [-0.1, -0.05) is 69.8 Å².